The fraction of sp³-hybridized carbons (Fsp3) is 0.200. The van der Waals surface area contributed by atoms with Gasteiger partial charge in [0.05, 0.1) is 0 Å². The molecule has 5 heteroatoms. The normalized spacial score (nSPS) is 10.4. The van der Waals surface area contributed by atoms with Crippen LogP contribution in [0.15, 0.2) is 67.0 Å². The van der Waals surface area contributed by atoms with Crippen molar-refractivity contribution >= 4 is 11.7 Å². The summed E-state index contributed by atoms with van der Waals surface area (Å²) in [5, 5.41) is 5.77. The quantitative estimate of drug-likeness (QED) is 0.668. The van der Waals surface area contributed by atoms with Gasteiger partial charge in [-0.3, -0.25) is 0 Å². The van der Waals surface area contributed by atoms with E-state index < -0.39 is 0 Å². The molecule has 0 saturated heterocycles. The lowest BCUT2D eigenvalue weighted by Gasteiger charge is -2.11. The minimum atomic E-state index is -0.178. The first-order chi connectivity index (χ1) is 12.2. The third kappa shape index (κ3) is 4.47. The van der Waals surface area contributed by atoms with E-state index >= 15 is 0 Å². The predicted molar refractivity (Wildman–Crippen MR) is 100 cm³/mol. The number of urea groups is 1. The fourth-order valence-corrected chi connectivity index (χ4v) is 2.67. The monoisotopic (exact) mass is 334 g/mol. The Balaban J connectivity index is 1.47. The van der Waals surface area contributed by atoms with Crippen molar-refractivity contribution in [3.05, 3.63) is 72.6 Å². The van der Waals surface area contributed by atoms with Gasteiger partial charge in [0, 0.05) is 36.7 Å². The molecule has 1 aromatic heterocycles. The van der Waals surface area contributed by atoms with Crippen LogP contribution in [0.3, 0.4) is 0 Å². The molecule has 3 rings (SSSR count). The number of carbonyl (C=O) groups is 1. The lowest BCUT2D eigenvalue weighted by atomic mass is 10.2. The third-order valence-corrected chi connectivity index (χ3v) is 4.00. The van der Waals surface area contributed by atoms with E-state index in [9.17, 15) is 4.79 Å². The Hall–Kier alpha value is -3.08. The number of nitrogens with one attached hydrogen (secondary N) is 2. The fourth-order valence-electron chi connectivity index (χ4n) is 2.67. The van der Waals surface area contributed by atoms with E-state index in [1.165, 1.54) is 0 Å². The van der Waals surface area contributed by atoms with Crippen LogP contribution in [-0.2, 0) is 6.54 Å². The summed E-state index contributed by atoms with van der Waals surface area (Å²) in [6.07, 6.45) is 4.60. The molecule has 0 aliphatic rings. The highest BCUT2D eigenvalue weighted by Gasteiger charge is 2.06. The highest BCUT2D eigenvalue weighted by atomic mass is 16.2. The van der Waals surface area contributed by atoms with Crippen molar-refractivity contribution in [2.24, 2.45) is 0 Å². The number of benzene rings is 2. The van der Waals surface area contributed by atoms with Gasteiger partial charge in [0.15, 0.2) is 0 Å². The van der Waals surface area contributed by atoms with Gasteiger partial charge in [0.1, 0.15) is 5.82 Å². The molecule has 0 radical (unpaired) electrons. The molecule has 0 unspecified atom stereocenters. The molecule has 0 aliphatic carbocycles. The zero-order valence-corrected chi connectivity index (χ0v) is 14.3. The van der Waals surface area contributed by atoms with Gasteiger partial charge in [0.25, 0.3) is 0 Å². The molecular formula is C20H22N4O. The summed E-state index contributed by atoms with van der Waals surface area (Å²) in [4.78, 5) is 16.4. The number of hydrogen-bond acceptors (Lipinski definition) is 2. The Kier molecular flexibility index (Phi) is 5.46. The minimum Gasteiger partial charge on any atom is -0.338 e. The second-order valence-electron chi connectivity index (χ2n) is 5.86. The lowest BCUT2D eigenvalue weighted by Crippen LogP contribution is -2.30. The van der Waals surface area contributed by atoms with Gasteiger partial charge < -0.3 is 15.2 Å². The SMILES string of the molecule is Cc1ccccc1NC(=O)NCCCn1ccnc1-c1ccccc1. The average molecular weight is 334 g/mol. The summed E-state index contributed by atoms with van der Waals surface area (Å²) in [5.74, 6) is 0.949. The third-order valence-electron chi connectivity index (χ3n) is 4.00. The van der Waals surface area contributed by atoms with Crippen molar-refractivity contribution in [3.8, 4) is 11.4 Å². The molecule has 0 atom stereocenters. The number of para-hydroxylation sites is 1. The molecule has 25 heavy (non-hydrogen) atoms. The van der Waals surface area contributed by atoms with E-state index in [1.807, 2.05) is 67.7 Å². The summed E-state index contributed by atoms with van der Waals surface area (Å²) in [7, 11) is 0. The standard InChI is InChI=1S/C20H22N4O/c1-16-8-5-6-11-18(16)23-20(25)22-12-7-14-24-15-13-21-19(24)17-9-3-2-4-10-17/h2-6,8-11,13,15H,7,12,14H2,1H3,(H2,22,23,25). The van der Waals surface area contributed by atoms with Crippen LogP contribution in [0.1, 0.15) is 12.0 Å². The maximum Gasteiger partial charge on any atom is 0.319 e. The molecule has 2 amide bonds. The van der Waals surface area contributed by atoms with Gasteiger partial charge >= 0.3 is 6.03 Å². The van der Waals surface area contributed by atoms with Gasteiger partial charge in [-0.1, -0.05) is 48.5 Å². The van der Waals surface area contributed by atoms with Crippen molar-refractivity contribution in [1.29, 1.82) is 0 Å². The van der Waals surface area contributed by atoms with E-state index in [0.29, 0.717) is 6.54 Å². The zero-order chi connectivity index (χ0) is 17.5. The summed E-state index contributed by atoms with van der Waals surface area (Å²) in [5.41, 5.74) is 2.97. The van der Waals surface area contributed by atoms with Crippen LogP contribution in [-0.4, -0.2) is 22.1 Å². The van der Waals surface area contributed by atoms with Crippen molar-refractivity contribution in [2.75, 3.05) is 11.9 Å². The molecule has 0 fully saturated rings. The van der Waals surface area contributed by atoms with Crippen LogP contribution in [0.25, 0.3) is 11.4 Å². The van der Waals surface area contributed by atoms with E-state index in [-0.39, 0.29) is 6.03 Å². The second-order valence-corrected chi connectivity index (χ2v) is 5.86. The van der Waals surface area contributed by atoms with E-state index in [0.717, 1.165) is 35.6 Å². The summed E-state index contributed by atoms with van der Waals surface area (Å²) >= 11 is 0. The van der Waals surface area contributed by atoms with Gasteiger partial charge in [-0.2, -0.15) is 0 Å². The number of aryl methyl sites for hydroxylation is 2. The maximum atomic E-state index is 12.0. The molecule has 0 spiro atoms. The Morgan fingerprint density at radius 1 is 1.08 bits per heavy atom. The Bertz CT molecular complexity index is 826. The Morgan fingerprint density at radius 3 is 2.64 bits per heavy atom. The first-order valence-corrected chi connectivity index (χ1v) is 8.41. The molecule has 3 aromatic rings. The molecule has 2 aromatic carbocycles. The number of amides is 2. The summed E-state index contributed by atoms with van der Waals surface area (Å²) in [6, 6.07) is 17.7. The molecule has 1 heterocycles. The molecule has 0 bridgehead atoms. The first kappa shape index (κ1) is 16.8. The topological polar surface area (TPSA) is 59.0 Å². The lowest BCUT2D eigenvalue weighted by molar-refractivity contribution is 0.252. The number of aromatic nitrogens is 2. The largest absolute Gasteiger partial charge is 0.338 e. The van der Waals surface area contributed by atoms with Crippen LogP contribution < -0.4 is 10.6 Å². The smallest absolute Gasteiger partial charge is 0.319 e. The van der Waals surface area contributed by atoms with Crippen LogP contribution in [0, 0.1) is 6.92 Å². The Morgan fingerprint density at radius 2 is 1.84 bits per heavy atom. The number of hydrogen-bond donors (Lipinski definition) is 2. The van der Waals surface area contributed by atoms with Gasteiger partial charge in [0.2, 0.25) is 0 Å². The average Bonchev–Trinajstić information content (AvgIpc) is 3.10. The van der Waals surface area contributed by atoms with Crippen LogP contribution >= 0.6 is 0 Å². The molecule has 2 N–H and O–H groups in total. The number of carbonyl (C=O) groups excluding carboxylic acids is 1. The Labute approximate surface area is 147 Å². The number of nitrogens with zero attached hydrogens (tertiary/aromatic N) is 2. The number of anilines is 1. The molecule has 0 aliphatic heterocycles. The number of imidazole rings is 1. The maximum absolute atomic E-state index is 12.0. The van der Waals surface area contributed by atoms with Crippen molar-refractivity contribution < 1.29 is 4.79 Å². The molecule has 128 valence electrons. The predicted octanol–water partition coefficient (Wildman–Crippen LogP) is 4.07. The summed E-state index contributed by atoms with van der Waals surface area (Å²) in [6.45, 7) is 3.37. The first-order valence-electron chi connectivity index (χ1n) is 8.41. The van der Waals surface area contributed by atoms with E-state index in [1.54, 1.807) is 6.20 Å². The van der Waals surface area contributed by atoms with Crippen molar-refractivity contribution in [2.45, 2.75) is 19.9 Å². The van der Waals surface area contributed by atoms with Gasteiger partial charge in [-0.25, -0.2) is 9.78 Å². The van der Waals surface area contributed by atoms with Crippen molar-refractivity contribution in [1.82, 2.24) is 14.9 Å². The van der Waals surface area contributed by atoms with Crippen molar-refractivity contribution in [3.63, 3.8) is 0 Å². The number of rotatable bonds is 6. The van der Waals surface area contributed by atoms with Crippen LogP contribution in [0.5, 0.6) is 0 Å². The van der Waals surface area contributed by atoms with Crippen LogP contribution in [0.2, 0.25) is 0 Å². The van der Waals surface area contributed by atoms with Crippen LogP contribution in [0.4, 0.5) is 10.5 Å². The second kappa shape index (κ2) is 8.15. The molecular weight excluding hydrogens is 312 g/mol. The van der Waals surface area contributed by atoms with Gasteiger partial charge in [-0.15, -0.1) is 0 Å². The van der Waals surface area contributed by atoms with E-state index in [2.05, 4.69) is 20.2 Å². The highest BCUT2D eigenvalue weighted by molar-refractivity contribution is 5.89. The molecule has 0 saturated carbocycles. The van der Waals surface area contributed by atoms with Gasteiger partial charge in [-0.05, 0) is 25.0 Å². The zero-order valence-electron chi connectivity index (χ0n) is 14.3. The highest BCUT2D eigenvalue weighted by Crippen LogP contribution is 2.17. The summed E-state index contributed by atoms with van der Waals surface area (Å²) < 4.78 is 2.11. The molecule has 5 nitrogen and oxygen atoms in total. The van der Waals surface area contributed by atoms with E-state index in [4.69, 9.17) is 0 Å². The minimum absolute atomic E-state index is 0.178.